The molecule has 2 N–H and O–H groups in total. The van der Waals surface area contributed by atoms with Crippen molar-refractivity contribution in [3.8, 4) is 0 Å². The molecule has 1 rings (SSSR count). The van der Waals surface area contributed by atoms with E-state index in [1.807, 2.05) is 12.3 Å². The lowest BCUT2D eigenvalue weighted by Gasteiger charge is -2.14. The van der Waals surface area contributed by atoms with E-state index in [0.717, 1.165) is 35.1 Å². The van der Waals surface area contributed by atoms with Crippen LogP contribution in [0.15, 0.2) is 23.2 Å². The van der Waals surface area contributed by atoms with Crippen LogP contribution in [-0.2, 0) is 12.3 Å². The molecule has 7 heteroatoms. The van der Waals surface area contributed by atoms with Crippen molar-refractivity contribution in [3.63, 3.8) is 0 Å². The molecule has 120 valence electrons. The van der Waals surface area contributed by atoms with Gasteiger partial charge in [0.15, 0.2) is 5.96 Å². The van der Waals surface area contributed by atoms with E-state index in [9.17, 15) is 4.39 Å². The minimum Gasteiger partial charge on any atom is -0.356 e. The average Bonchev–Trinajstić information content (AvgIpc) is 2.44. The lowest BCUT2D eigenvalue weighted by Crippen LogP contribution is -2.38. The Hall–Kier alpha value is -0.150. The number of hydrogen-bond donors (Lipinski definition) is 2. The van der Waals surface area contributed by atoms with E-state index in [1.165, 1.54) is 6.07 Å². The third-order valence-corrected chi connectivity index (χ3v) is 3.95. The van der Waals surface area contributed by atoms with Gasteiger partial charge in [0.25, 0.3) is 0 Å². The van der Waals surface area contributed by atoms with E-state index in [2.05, 4.69) is 21.9 Å². The minimum atomic E-state index is -0.180. The normalized spacial score (nSPS) is 11.0. The molecule has 0 unspecified atom stereocenters. The maximum absolute atomic E-state index is 13.3. The number of nitrogens with zero attached hydrogens (tertiary/aromatic N) is 1. The van der Waals surface area contributed by atoms with Crippen LogP contribution in [0.4, 0.5) is 4.39 Å². The third kappa shape index (κ3) is 8.15. The number of benzene rings is 1. The zero-order valence-corrected chi connectivity index (χ0v) is 16.6. The van der Waals surface area contributed by atoms with Gasteiger partial charge in [-0.3, -0.25) is 4.99 Å². The van der Waals surface area contributed by atoms with Gasteiger partial charge in [0.1, 0.15) is 5.82 Å². The molecule has 3 nitrogen and oxygen atoms in total. The molecule has 21 heavy (non-hydrogen) atoms. The first-order chi connectivity index (χ1) is 9.71. The fourth-order valence-corrected chi connectivity index (χ4v) is 2.61. The van der Waals surface area contributed by atoms with E-state index >= 15 is 0 Å². The lowest BCUT2D eigenvalue weighted by molar-refractivity contribution is 0.625. The summed E-state index contributed by atoms with van der Waals surface area (Å²) in [7, 11) is 1.75. The van der Waals surface area contributed by atoms with Crippen LogP contribution in [-0.4, -0.2) is 37.8 Å². The molecule has 0 heterocycles. The summed E-state index contributed by atoms with van der Waals surface area (Å²) in [6.07, 6.45) is 4.09. The monoisotopic (exact) mass is 443 g/mol. The highest BCUT2D eigenvalue weighted by atomic mass is 127. The molecule has 0 aliphatic rings. The molecule has 0 fully saturated rings. The molecule has 0 bridgehead atoms. The van der Waals surface area contributed by atoms with E-state index in [-0.39, 0.29) is 29.8 Å². The highest BCUT2D eigenvalue weighted by molar-refractivity contribution is 14.0. The molecule has 0 atom stereocenters. The molecule has 0 amide bonds. The predicted octanol–water partition coefficient (Wildman–Crippen LogP) is 3.33. The Kier molecular flexibility index (Phi) is 12.3. The second-order valence-electron chi connectivity index (χ2n) is 4.19. The number of aliphatic imine (C=N–C) groups is 1. The number of rotatable bonds is 7. The Labute approximate surface area is 152 Å². The SMILES string of the molecule is CN=C(NCCSC)NCc1ccc(F)cc1CSC.I. The molecule has 0 radical (unpaired) electrons. The summed E-state index contributed by atoms with van der Waals surface area (Å²) in [5, 5.41) is 6.50. The van der Waals surface area contributed by atoms with Crippen LogP contribution < -0.4 is 10.6 Å². The van der Waals surface area contributed by atoms with Crippen LogP contribution in [0.1, 0.15) is 11.1 Å². The van der Waals surface area contributed by atoms with Crippen molar-refractivity contribution in [1.82, 2.24) is 10.6 Å². The largest absolute Gasteiger partial charge is 0.356 e. The van der Waals surface area contributed by atoms with E-state index in [1.54, 1.807) is 36.6 Å². The number of hydrogen-bond acceptors (Lipinski definition) is 3. The van der Waals surface area contributed by atoms with Gasteiger partial charge in [0.2, 0.25) is 0 Å². The Morgan fingerprint density at radius 3 is 2.57 bits per heavy atom. The Balaban J connectivity index is 0.00000400. The van der Waals surface area contributed by atoms with E-state index < -0.39 is 0 Å². The first kappa shape index (κ1) is 20.9. The molecule has 1 aromatic rings. The molecular weight excluding hydrogens is 420 g/mol. The molecule has 0 aliphatic heterocycles. The van der Waals surface area contributed by atoms with E-state index in [0.29, 0.717) is 6.54 Å². The van der Waals surface area contributed by atoms with Crippen molar-refractivity contribution in [2.75, 3.05) is 31.9 Å². The topological polar surface area (TPSA) is 36.4 Å². The maximum atomic E-state index is 13.3. The lowest BCUT2D eigenvalue weighted by atomic mass is 10.1. The van der Waals surface area contributed by atoms with Gasteiger partial charge < -0.3 is 10.6 Å². The minimum absolute atomic E-state index is 0. The van der Waals surface area contributed by atoms with Gasteiger partial charge in [-0.15, -0.1) is 24.0 Å². The van der Waals surface area contributed by atoms with Crippen LogP contribution in [0, 0.1) is 5.82 Å². The first-order valence-corrected chi connectivity index (χ1v) is 9.19. The summed E-state index contributed by atoms with van der Waals surface area (Å²) >= 11 is 3.48. The second kappa shape index (κ2) is 12.4. The molecule has 0 aromatic heterocycles. The van der Waals surface area contributed by atoms with Gasteiger partial charge >= 0.3 is 0 Å². The van der Waals surface area contributed by atoms with Gasteiger partial charge in [-0.25, -0.2) is 4.39 Å². The van der Waals surface area contributed by atoms with E-state index in [4.69, 9.17) is 0 Å². The van der Waals surface area contributed by atoms with Gasteiger partial charge in [-0.05, 0) is 35.8 Å². The fraction of sp³-hybridized carbons (Fsp3) is 0.500. The van der Waals surface area contributed by atoms with Crippen molar-refractivity contribution in [2.45, 2.75) is 12.3 Å². The Bertz CT molecular complexity index is 444. The van der Waals surface area contributed by atoms with Crippen molar-refractivity contribution in [2.24, 2.45) is 4.99 Å². The predicted molar refractivity (Wildman–Crippen MR) is 106 cm³/mol. The molecule has 0 saturated carbocycles. The highest BCUT2D eigenvalue weighted by Gasteiger charge is 2.05. The summed E-state index contributed by atoms with van der Waals surface area (Å²) in [6, 6.07) is 4.95. The molecule has 0 aliphatic carbocycles. The van der Waals surface area contributed by atoms with Gasteiger partial charge in [0.05, 0.1) is 0 Å². The smallest absolute Gasteiger partial charge is 0.191 e. The Morgan fingerprint density at radius 1 is 1.19 bits per heavy atom. The quantitative estimate of drug-likeness (QED) is 0.294. The Morgan fingerprint density at radius 2 is 1.95 bits per heavy atom. The molecular formula is C14H23FIN3S2. The van der Waals surface area contributed by atoms with Crippen LogP contribution in [0.5, 0.6) is 0 Å². The van der Waals surface area contributed by atoms with Crippen molar-refractivity contribution < 1.29 is 4.39 Å². The van der Waals surface area contributed by atoms with Crippen molar-refractivity contribution in [1.29, 1.82) is 0 Å². The van der Waals surface area contributed by atoms with Crippen molar-refractivity contribution >= 4 is 53.5 Å². The number of halogens is 2. The summed E-state index contributed by atoms with van der Waals surface area (Å²) in [4.78, 5) is 4.17. The van der Waals surface area contributed by atoms with Gasteiger partial charge in [-0.2, -0.15) is 23.5 Å². The third-order valence-electron chi connectivity index (χ3n) is 2.74. The van der Waals surface area contributed by atoms with Crippen molar-refractivity contribution in [3.05, 3.63) is 35.1 Å². The fourth-order valence-electron chi connectivity index (χ4n) is 1.73. The standard InChI is InChI=1S/C14H22FN3S2.HI/c1-16-14(17-6-7-19-2)18-9-11-4-5-13(15)8-12(11)10-20-3;/h4-5,8H,6-7,9-10H2,1-3H3,(H2,16,17,18);1H. The molecule has 1 aromatic carbocycles. The summed E-state index contributed by atoms with van der Waals surface area (Å²) < 4.78 is 13.3. The molecule has 0 spiro atoms. The zero-order valence-electron chi connectivity index (χ0n) is 12.6. The zero-order chi connectivity index (χ0) is 14.8. The second-order valence-corrected chi connectivity index (χ2v) is 6.04. The summed E-state index contributed by atoms with van der Waals surface area (Å²) in [6.45, 7) is 1.52. The first-order valence-electron chi connectivity index (χ1n) is 6.41. The van der Waals surface area contributed by atoms with Crippen LogP contribution in [0.2, 0.25) is 0 Å². The van der Waals surface area contributed by atoms with Crippen LogP contribution in [0.3, 0.4) is 0 Å². The highest BCUT2D eigenvalue weighted by Crippen LogP contribution is 2.16. The number of guanidine groups is 1. The molecule has 0 saturated heterocycles. The number of thioether (sulfide) groups is 2. The number of nitrogens with one attached hydrogen (secondary N) is 2. The van der Waals surface area contributed by atoms with Gasteiger partial charge in [0, 0.05) is 31.6 Å². The summed E-state index contributed by atoms with van der Waals surface area (Å²) in [5.41, 5.74) is 2.14. The average molecular weight is 443 g/mol. The van der Waals surface area contributed by atoms with Gasteiger partial charge in [-0.1, -0.05) is 6.07 Å². The summed E-state index contributed by atoms with van der Waals surface area (Å²) in [5.74, 6) is 2.45. The van der Waals surface area contributed by atoms with Crippen LogP contribution in [0.25, 0.3) is 0 Å². The maximum Gasteiger partial charge on any atom is 0.191 e. The van der Waals surface area contributed by atoms with Crippen LogP contribution >= 0.6 is 47.5 Å².